The van der Waals surface area contributed by atoms with Crippen molar-refractivity contribution in [1.29, 1.82) is 0 Å². The van der Waals surface area contributed by atoms with Crippen LogP contribution in [-0.4, -0.2) is 12.5 Å². The Balaban J connectivity index is 1.43. The van der Waals surface area contributed by atoms with E-state index in [1.807, 2.05) is 36.4 Å². The third kappa shape index (κ3) is 3.27. The van der Waals surface area contributed by atoms with E-state index in [4.69, 9.17) is 0 Å². The Labute approximate surface area is 146 Å². The molecule has 3 aromatic rings. The lowest BCUT2D eigenvalue weighted by atomic mass is 9.95. The number of hydrogen-bond donors (Lipinski definition) is 1. The van der Waals surface area contributed by atoms with Crippen molar-refractivity contribution in [2.24, 2.45) is 0 Å². The van der Waals surface area contributed by atoms with Crippen LogP contribution in [0.2, 0.25) is 0 Å². The predicted molar refractivity (Wildman–Crippen MR) is 98.0 cm³/mol. The number of hydrogen-bond acceptors (Lipinski definition) is 1. The lowest BCUT2D eigenvalue weighted by Crippen LogP contribution is -2.33. The average Bonchev–Trinajstić information content (AvgIpc) is 3.42. The molecule has 25 heavy (non-hydrogen) atoms. The summed E-state index contributed by atoms with van der Waals surface area (Å²) in [6.07, 6.45) is 2.45. The van der Waals surface area contributed by atoms with Crippen LogP contribution in [-0.2, 0) is 16.6 Å². The quantitative estimate of drug-likeness (QED) is 0.738. The fraction of sp³-hybridized carbons (Fsp3) is 0.227. The molecule has 2 nitrogen and oxygen atoms in total. The molecular weight excluding hydrogens is 313 g/mol. The van der Waals surface area contributed by atoms with E-state index in [9.17, 15) is 9.18 Å². The third-order valence-electron chi connectivity index (χ3n) is 5.17. The maximum absolute atomic E-state index is 13.1. The van der Waals surface area contributed by atoms with Gasteiger partial charge in [0.05, 0.1) is 6.42 Å². The molecule has 3 heteroatoms. The normalized spacial score (nSPS) is 15.1. The van der Waals surface area contributed by atoms with Gasteiger partial charge in [-0.05, 0) is 46.9 Å². The third-order valence-corrected chi connectivity index (χ3v) is 5.17. The number of fused-ring (bicyclic) bond motifs is 1. The van der Waals surface area contributed by atoms with Crippen molar-refractivity contribution in [3.8, 4) is 0 Å². The molecule has 4 rings (SSSR count). The van der Waals surface area contributed by atoms with E-state index in [2.05, 4.69) is 23.5 Å². The van der Waals surface area contributed by atoms with Crippen LogP contribution in [0.5, 0.6) is 0 Å². The largest absolute Gasteiger partial charge is 0.355 e. The van der Waals surface area contributed by atoms with Gasteiger partial charge < -0.3 is 5.32 Å². The van der Waals surface area contributed by atoms with Gasteiger partial charge in [0.1, 0.15) is 5.82 Å². The minimum Gasteiger partial charge on any atom is -0.355 e. The van der Waals surface area contributed by atoms with Crippen molar-refractivity contribution in [2.75, 3.05) is 6.54 Å². The van der Waals surface area contributed by atoms with Gasteiger partial charge in [-0.15, -0.1) is 0 Å². The van der Waals surface area contributed by atoms with Crippen LogP contribution in [0.25, 0.3) is 10.8 Å². The number of carbonyl (C=O) groups is 1. The summed E-state index contributed by atoms with van der Waals surface area (Å²) in [4.78, 5) is 12.4. The van der Waals surface area contributed by atoms with Crippen LogP contribution < -0.4 is 5.32 Å². The van der Waals surface area contributed by atoms with Gasteiger partial charge in [-0.25, -0.2) is 4.39 Å². The predicted octanol–water partition coefficient (Wildman–Crippen LogP) is 4.37. The highest BCUT2D eigenvalue weighted by Crippen LogP contribution is 2.47. The molecule has 0 saturated heterocycles. The van der Waals surface area contributed by atoms with E-state index in [1.54, 1.807) is 0 Å². The van der Waals surface area contributed by atoms with Crippen molar-refractivity contribution in [2.45, 2.75) is 24.7 Å². The summed E-state index contributed by atoms with van der Waals surface area (Å²) in [6.45, 7) is 0.613. The van der Waals surface area contributed by atoms with Gasteiger partial charge >= 0.3 is 0 Å². The first-order valence-electron chi connectivity index (χ1n) is 8.66. The second-order valence-electron chi connectivity index (χ2n) is 6.88. The summed E-state index contributed by atoms with van der Waals surface area (Å²) in [6, 6.07) is 20.8. The highest BCUT2D eigenvalue weighted by molar-refractivity contribution is 5.90. The minimum absolute atomic E-state index is 0.0118. The highest BCUT2D eigenvalue weighted by Gasteiger charge is 2.44. The zero-order valence-corrected chi connectivity index (χ0v) is 14.0. The molecular formula is C22H20FNO. The highest BCUT2D eigenvalue weighted by atomic mass is 19.1. The molecule has 1 amide bonds. The van der Waals surface area contributed by atoms with E-state index in [0.29, 0.717) is 13.0 Å². The van der Waals surface area contributed by atoms with Crippen molar-refractivity contribution in [3.63, 3.8) is 0 Å². The molecule has 0 radical (unpaired) electrons. The van der Waals surface area contributed by atoms with E-state index in [0.717, 1.165) is 34.7 Å². The van der Waals surface area contributed by atoms with Gasteiger partial charge in [0.25, 0.3) is 0 Å². The Bertz CT molecular complexity index is 907. The summed E-state index contributed by atoms with van der Waals surface area (Å²) in [5.41, 5.74) is 2.14. The van der Waals surface area contributed by atoms with E-state index in [-0.39, 0.29) is 17.1 Å². The van der Waals surface area contributed by atoms with Crippen LogP contribution in [0.1, 0.15) is 24.0 Å². The molecule has 0 atom stereocenters. The Morgan fingerprint density at radius 3 is 2.44 bits per heavy atom. The van der Waals surface area contributed by atoms with Crippen LogP contribution >= 0.6 is 0 Å². The maximum Gasteiger partial charge on any atom is 0.224 e. The SMILES string of the molecule is O=C(Cc1cccc2ccccc12)NCC1(c2ccc(F)cc2)CC1. The fourth-order valence-electron chi connectivity index (χ4n) is 3.47. The van der Waals surface area contributed by atoms with Gasteiger partial charge in [0.15, 0.2) is 0 Å². The Morgan fingerprint density at radius 1 is 0.960 bits per heavy atom. The molecule has 1 aliphatic carbocycles. The lowest BCUT2D eigenvalue weighted by molar-refractivity contribution is -0.120. The van der Waals surface area contributed by atoms with E-state index >= 15 is 0 Å². The molecule has 0 aliphatic heterocycles. The molecule has 0 bridgehead atoms. The topological polar surface area (TPSA) is 29.1 Å². The van der Waals surface area contributed by atoms with Crippen LogP contribution in [0.4, 0.5) is 4.39 Å². The first-order valence-corrected chi connectivity index (χ1v) is 8.66. The summed E-state index contributed by atoms with van der Waals surface area (Å²) in [5.74, 6) is -0.190. The van der Waals surface area contributed by atoms with Gasteiger partial charge in [0.2, 0.25) is 5.91 Å². The number of rotatable bonds is 5. The molecule has 1 aliphatic rings. The monoisotopic (exact) mass is 333 g/mol. The first kappa shape index (κ1) is 15.8. The average molecular weight is 333 g/mol. The van der Waals surface area contributed by atoms with Crippen molar-refractivity contribution in [1.82, 2.24) is 5.32 Å². The van der Waals surface area contributed by atoms with Crippen LogP contribution in [0, 0.1) is 5.82 Å². The Morgan fingerprint density at radius 2 is 1.68 bits per heavy atom. The number of amides is 1. The molecule has 0 unspecified atom stereocenters. The minimum atomic E-state index is -0.223. The first-order chi connectivity index (χ1) is 12.2. The van der Waals surface area contributed by atoms with Crippen molar-refractivity contribution >= 4 is 16.7 Å². The molecule has 3 aromatic carbocycles. The Kier molecular flexibility index (Phi) is 4.00. The summed E-state index contributed by atoms with van der Waals surface area (Å²) < 4.78 is 13.1. The molecule has 1 fully saturated rings. The summed E-state index contributed by atoms with van der Waals surface area (Å²) in [5, 5.41) is 5.35. The van der Waals surface area contributed by atoms with Crippen molar-refractivity contribution < 1.29 is 9.18 Å². The second kappa shape index (κ2) is 6.32. The summed E-state index contributed by atoms with van der Waals surface area (Å²) >= 11 is 0. The second-order valence-corrected chi connectivity index (χ2v) is 6.88. The van der Waals surface area contributed by atoms with E-state index < -0.39 is 0 Å². The molecule has 126 valence electrons. The zero-order chi connectivity index (χ0) is 17.3. The number of nitrogens with one attached hydrogen (secondary N) is 1. The maximum atomic E-state index is 13.1. The standard InChI is InChI=1S/C22H20FNO/c23-19-10-8-18(9-11-19)22(12-13-22)15-24-21(25)14-17-6-3-5-16-4-1-2-7-20(16)17/h1-11H,12-15H2,(H,24,25). The zero-order valence-electron chi connectivity index (χ0n) is 14.0. The molecule has 1 N–H and O–H groups in total. The van der Waals surface area contributed by atoms with Gasteiger partial charge in [-0.1, -0.05) is 54.6 Å². The smallest absolute Gasteiger partial charge is 0.224 e. The lowest BCUT2D eigenvalue weighted by Gasteiger charge is -2.17. The summed E-state index contributed by atoms with van der Waals surface area (Å²) in [7, 11) is 0. The number of carbonyl (C=O) groups excluding carboxylic acids is 1. The van der Waals surface area contributed by atoms with Crippen LogP contribution in [0.3, 0.4) is 0 Å². The molecule has 1 saturated carbocycles. The molecule has 0 spiro atoms. The molecule has 0 aromatic heterocycles. The Hall–Kier alpha value is -2.68. The van der Waals surface area contributed by atoms with Crippen molar-refractivity contribution in [3.05, 3.63) is 83.7 Å². The van der Waals surface area contributed by atoms with Gasteiger partial charge in [-0.2, -0.15) is 0 Å². The fourth-order valence-corrected chi connectivity index (χ4v) is 3.47. The molecule has 0 heterocycles. The van der Waals surface area contributed by atoms with E-state index in [1.165, 1.54) is 12.1 Å². The number of benzene rings is 3. The van der Waals surface area contributed by atoms with Gasteiger partial charge in [-0.3, -0.25) is 4.79 Å². The number of halogens is 1. The van der Waals surface area contributed by atoms with Crippen LogP contribution in [0.15, 0.2) is 66.7 Å². The van der Waals surface area contributed by atoms with Gasteiger partial charge in [0, 0.05) is 12.0 Å².